The Bertz CT molecular complexity index is 624. The van der Waals surface area contributed by atoms with E-state index in [1.165, 1.54) is 0 Å². The van der Waals surface area contributed by atoms with E-state index in [2.05, 4.69) is 15.5 Å². The minimum atomic E-state index is -1.07. The maximum atomic E-state index is 12.1. The van der Waals surface area contributed by atoms with Crippen molar-refractivity contribution in [2.45, 2.75) is 18.9 Å². The van der Waals surface area contributed by atoms with Crippen LogP contribution in [0.4, 0.5) is 5.69 Å². The zero-order chi connectivity index (χ0) is 18.9. The summed E-state index contributed by atoms with van der Waals surface area (Å²) < 4.78 is 5.29. The van der Waals surface area contributed by atoms with E-state index in [1.807, 2.05) is 0 Å². The highest BCUT2D eigenvalue weighted by molar-refractivity contribution is 6.43. The van der Waals surface area contributed by atoms with Gasteiger partial charge in [-0.2, -0.15) is 0 Å². The van der Waals surface area contributed by atoms with E-state index in [0.717, 1.165) is 39.3 Å². The first-order valence-corrected chi connectivity index (χ1v) is 9.23. The topological polar surface area (TPSA) is 90.9 Å². The third-order valence-corrected chi connectivity index (χ3v) is 4.88. The summed E-state index contributed by atoms with van der Waals surface area (Å²) >= 11 is 11.9. The molecular formula is C17H23Cl2N3O4. The van der Waals surface area contributed by atoms with Gasteiger partial charge in [0.15, 0.2) is 0 Å². The van der Waals surface area contributed by atoms with Crippen LogP contribution in [0.2, 0.25) is 10.0 Å². The van der Waals surface area contributed by atoms with Crippen molar-refractivity contribution >= 4 is 40.8 Å². The number of anilines is 1. The number of rotatable bonds is 9. The Kier molecular flexibility index (Phi) is 8.61. The SMILES string of the molecule is O=C(C[C@H](NCCCN1CCOCC1)C(=O)O)Nc1cccc(Cl)c1Cl. The van der Waals surface area contributed by atoms with Crippen LogP contribution in [-0.4, -0.2) is 67.3 Å². The predicted octanol–water partition coefficient (Wildman–Crippen LogP) is 2.09. The molecule has 1 aromatic rings. The van der Waals surface area contributed by atoms with Crippen molar-refractivity contribution in [3.05, 3.63) is 28.2 Å². The number of benzene rings is 1. The average Bonchev–Trinajstić information content (AvgIpc) is 2.62. The maximum Gasteiger partial charge on any atom is 0.321 e. The molecule has 1 aromatic carbocycles. The van der Waals surface area contributed by atoms with Crippen LogP contribution in [0.15, 0.2) is 18.2 Å². The predicted molar refractivity (Wildman–Crippen MR) is 101 cm³/mol. The molecule has 3 N–H and O–H groups in total. The number of carbonyl (C=O) groups excluding carboxylic acids is 1. The van der Waals surface area contributed by atoms with Gasteiger partial charge >= 0.3 is 5.97 Å². The second-order valence-electron chi connectivity index (χ2n) is 6.01. The van der Waals surface area contributed by atoms with Gasteiger partial charge in [0.05, 0.1) is 35.4 Å². The van der Waals surface area contributed by atoms with E-state index in [4.69, 9.17) is 27.9 Å². The molecule has 0 saturated carbocycles. The molecule has 1 fully saturated rings. The van der Waals surface area contributed by atoms with Crippen molar-refractivity contribution < 1.29 is 19.4 Å². The van der Waals surface area contributed by atoms with Gasteiger partial charge in [0.1, 0.15) is 6.04 Å². The summed E-state index contributed by atoms with van der Waals surface area (Å²) in [6, 6.07) is 3.91. The van der Waals surface area contributed by atoms with Gasteiger partial charge < -0.3 is 20.5 Å². The van der Waals surface area contributed by atoms with Crippen molar-refractivity contribution in [1.82, 2.24) is 10.2 Å². The van der Waals surface area contributed by atoms with Gasteiger partial charge in [0.25, 0.3) is 0 Å². The van der Waals surface area contributed by atoms with Crippen LogP contribution in [0.25, 0.3) is 0 Å². The third kappa shape index (κ3) is 6.74. The zero-order valence-corrected chi connectivity index (χ0v) is 15.9. The Labute approximate surface area is 162 Å². The number of carbonyl (C=O) groups is 2. The molecule has 0 unspecified atom stereocenters. The maximum absolute atomic E-state index is 12.1. The number of carboxylic acid groups (broad SMARTS) is 1. The molecule has 1 aliphatic heterocycles. The number of halogens is 2. The Morgan fingerprint density at radius 3 is 2.69 bits per heavy atom. The molecule has 0 bridgehead atoms. The quantitative estimate of drug-likeness (QED) is 0.546. The average molecular weight is 404 g/mol. The second kappa shape index (κ2) is 10.7. The molecule has 1 heterocycles. The molecule has 144 valence electrons. The fourth-order valence-electron chi connectivity index (χ4n) is 2.64. The summed E-state index contributed by atoms with van der Waals surface area (Å²) in [6.45, 7) is 4.64. The molecule has 0 radical (unpaired) electrons. The third-order valence-electron chi connectivity index (χ3n) is 4.06. The van der Waals surface area contributed by atoms with Crippen LogP contribution in [0, 0.1) is 0 Å². The zero-order valence-electron chi connectivity index (χ0n) is 14.3. The fourth-order valence-corrected chi connectivity index (χ4v) is 2.99. The first kappa shape index (κ1) is 20.9. The fraction of sp³-hybridized carbons (Fsp3) is 0.529. The minimum Gasteiger partial charge on any atom is -0.480 e. The lowest BCUT2D eigenvalue weighted by atomic mass is 10.2. The molecule has 1 amide bonds. The number of nitrogens with zero attached hydrogens (tertiary/aromatic N) is 1. The molecule has 7 nitrogen and oxygen atoms in total. The van der Waals surface area contributed by atoms with E-state index >= 15 is 0 Å². The Balaban J connectivity index is 1.76. The van der Waals surface area contributed by atoms with Crippen LogP contribution in [0.5, 0.6) is 0 Å². The summed E-state index contributed by atoms with van der Waals surface area (Å²) in [5, 5.41) is 15.4. The summed E-state index contributed by atoms with van der Waals surface area (Å²) in [5.41, 5.74) is 0.362. The molecule has 1 atom stereocenters. The summed E-state index contributed by atoms with van der Waals surface area (Å²) in [5.74, 6) is -1.51. The number of ether oxygens (including phenoxy) is 1. The van der Waals surface area contributed by atoms with Crippen molar-refractivity contribution in [2.75, 3.05) is 44.7 Å². The van der Waals surface area contributed by atoms with Crippen LogP contribution in [-0.2, 0) is 14.3 Å². The lowest BCUT2D eigenvalue weighted by Crippen LogP contribution is -2.42. The van der Waals surface area contributed by atoms with E-state index < -0.39 is 17.9 Å². The molecule has 0 aliphatic carbocycles. The van der Waals surface area contributed by atoms with Crippen molar-refractivity contribution in [2.24, 2.45) is 0 Å². The molecule has 9 heteroatoms. The van der Waals surface area contributed by atoms with Crippen LogP contribution in [0.1, 0.15) is 12.8 Å². The number of nitrogens with one attached hydrogen (secondary N) is 2. The molecule has 2 rings (SSSR count). The Morgan fingerprint density at radius 1 is 1.27 bits per heavy atom. The smallest absolute Gasteiger partial charge is 0.321 e. The highest BCUT2D eigenvalue weighted by Crippen LogP contribution is 2.29. The second-order valence-corrected chi connectivity index (χ2v) is 6.79. The summed E-state index contributed by atoms with van der Waals surface area (Å²) in [4.78, 5) is 25.8. The molecule has 0 spiro atoms. The standard InChI is InChI=1S/C17H23Cl2N3O4/c18-12-3-1-4-13(16(12)19)21-15(23)11-14(17(24)25)20-5-2-6-22-7-9-26-10-8-22/h1,3-4,14,20H,2,5-11H2,(H,21,23)(H,24,25)/t14-/m0/s1. The van der Waals surface area contributed by atoms with Crippen molar-refractivity contribution in [3.63, 3.8) is 0 Å². The Hall–Kier alpha value is -1.38. The number of amides is 1. The summed E-state index contributed by atoms with van der Waals surface area (Å²) in [6.07, 6.45) is 0.598. The van der Waals surface area contributed by atoms with Gasteiger partial charge in [0, 0.05) is 13.1 Å². The number of hydrogen-bond donors (Lipinski definition) is 3. The summed E-state index contributed by atoms with van der Waals surface area (Å²) in [7, 11) is 0. The van der Waals surface area contributed by atoms with Gasteiger partial charge in [-0.05, 0) is 31.6 Å². The van der Waals surface area contributed by atoms with Gasteiger partial charge in [-0.3, -0.25) is 14.5 Å². The van der Waals surface area contributed by atoms with Gasteiger partial charge in [0.2, 0.25) is 5.91 Å². The minimum absolute atomic E-state index is 0.199. The first-order valence-electron chi connectivity index (χ1n) is 8.47. The first-order chi connectivity index (χ1) is 12.5. The van der Waals surface area contributed by atoms with E-state index in [1.54, 1.807) is 18.2 Å². The van der Waals surface area contributed by atoms with Gasteiger partial charge in [-0.1, -0.05) is 29.3 Å². The molecular weight excluding hydrogens is 381 g/mol. The largest absolute Gasteiger partial charge is 0.480 e. The van der Waals surface area contributed by atoms with Gasteiger partial charge in [-0.15, -0.1) is 0 Å². The van der Waals surface area contributed by atoms with Crippen LogP contribution >= 0.6 is 23.2 Å². The number of morpholine rings is 1. The van der Waals surface area contributed by atoms with Crippen LogP contribution < -0.4 is 10.6 Å². The number of hydrogen-bond acceptors (Lipinski definition) is 5. The normalized spacial score (nSPS) is 16.2. The lowest BCUT2D eigenvalue weighted by molar-refractivity contribution is -0.141. The van der Waals surface area contributed by atoms with E-state index in [9.17, 15) is 14.7 Å². The molecule has 1 saturated heterocycles. The Morgan fingerprint density at radius 2 is 2.00 bits per heavy atom. The highest BCUT2D eigenvalue weighted by atomic mass is 35.5. The number of aliphatic carboxylic acids is 1. The van der Waals surface area contributed by atoms with Crippen LogP contribution in [0.3, 0.4) is 0 Å². The molecule has 0 aromatic heterocycles. The number of carboxylic acids is 1. The lowest BCUT2D eigenvalue weighted by Gasteiger charge is -2.26. The molecule has 26 heavy (non-hydrogen) atoms. The van der Waals surface area contributed by atoms with Crippen molar-refractivity contribution in [3.8, 4) is 0 Å². The van der Waals surface area contributed by atoms with E-state index in [-0.39, 0.29) is 11.4 Å². The highest BCUT2D eigenvalue weighted by Gasteiger charge is 2.21. The molecule has 1 aliphatic rings. The monoisotopic (exact) mass is 403 g/mol. The van der Waals surface area contributed by atoms with Gasteiger partial charge in [-0.25, -0.2) is 0 Å². The van der Waals surface area contributed by atoms with E-state index in [0.29, 0.717) is 17.3 Å². The van der Waals surface area contributed by atoms with Crippen molar-refractivity contribution in [1.29, 1.82) is 0 Å².